The Bertz CT molecular complexity index is 670. The first kappa shape index (κ1) is 25.5. The van der Waals surface area contributed by atoms with Crippen molar-refractivity contribution in [3.8, 4) is 0 Å². The Morgan fingerprint density at radius 2 is 2.03 bits per heavy atom. The molecule has 0 aromatic rings. The molecule has 172 valence electrons. The molecule has 0 unspecified atom stereocenters. The molecule has 1 saturated heterocycles. The Kier molecular flexibility index (Phi) is 8.67. The highest BCUT2D eigenvalue weighted by atomic mass is 35.5. The maximum absolute atomic E-state index is 12.1. The van der Waals surface area contributed by atoms with E-state index in [1.54, 1.807) is 7.11 Å². The van der Waals surface area contributed by atoms with E-state index >= 15 is 0 Å². The normalized spacial score (nSPS) is 35.6. The molecule has 0 aromatic heterocycles. The van der Waals surface area contributed by atoms with E-state index in [0.717, 1.165) is 6.42 Å². The molecule has 2 N–H and O–H groups in total. The lowest BCUT2D eigenvalue weighted by molar-refractivity contribution is -0.170. The van der Waals surface area contributed by atoms with Crippen molar-refractivity contribution in [2.75, 3.05) is 31.3 Å². The van der Waals surface area contributed by atoms with Crippen LogP contribution in [-0.4, -0.2) is 77.9 Å². The summed E-state index contributed by atoms with van der Waals surface area (Å²) in [4.78, 5) is 23.5. The van der Waals surface area contributed by atoms with E-state index in [9.17, 15) is 14.7 Å². The summed E-state index contributed by atoms with van der Waals surface area (Å²) in [5.74, 6) is -0.714. The largest absolute Gasteiger partial charge is 0.443 e. The van der Waals surface area contributed by atoms with Gasteiger partial charge in [-0.1, -0.05) is 11.6 Å². The van der Waals surface area contributed by atoms with Crippen LogP contribution in [0.2, 0.25) is 0 Å². The van der Waals surface area contributed by atoms with Crippen LogP contribution in [0.3, 0.4) is 0 Å². The predicted molar refractivity (Wildman–Crippen MR) is 119 cm³/mol. The number of epoxide rings is 1. The third-order valence-corrected chi connectivity index (χ3v) is 7.22. The van der Waals surface area contributed by atoms with Crippen molar-refractivity contribution in [3.05, 3.63) is 11.6 Å². The fraction of sp³-hybridized carbons (Fsp3) is 0.810. The van der Waals surface area contributed by atoms with Gasteiger partial charge < -0.3 is 19.3 Å². The second kappa shape index (κ2) is 10.2. The summed E-state index contributed by atoms with van der Waals surface area (Å²) >= 11 is 5.44. The number of alkyl carbamates (subject to hydrolysis) is 1. The highest BCUT2D eigenvalue weighted by Gasteiger charge is 2.68. The number of imide groups is 1. The summed E-state index contributed by atoms with van der Waals surface area (Å²) in [6.45, 7) is 6.08. The minimum atomic E-state index is -0.996. The van der Waals surface area contributed by atoms with Gasteiger partial charge in [0, 0.05) is 7.11 Å². The summed E-state index contributed by atoms with van der Waals surface area (Å²) in [7, 11) is 1.55. The number of hydrogen-bond donors (Lipinski definition) is 2. The van der Waals surface area contributed by atoms with E-state index < -0.39 is 35.4 Å². The van der Waals surface area contributed by atoms with Crippen LogP contribution in [0.1, 0.15) is 40.0 Å². The lowest BCUT2D eigenvalue weighted by Gasteiger charge is -2.47. The summed E-state index contributed by atoms with van der Waals surface area (Å²) in [6.07, 6.45) is 5.90. The first-order valence-electron chi connectivity index (χ1n) is 10.1. The molecule has 2 fully saturated rings. The Morgan fingerprint density at radius 1 is 1.37 bits per heavy atom. The fourth-order valence-corrected chi connectivity index (χ4v) is 6.04. The van der Waals surface area contributed by atoms with E-state index in [1.807, 2.05) is 20.8 Å². The van der Waals surface area contributed by atoms with Crippen molar-refractivity contribution in [2.24, 2.45) is 5.92 Å². The average molecular weight is 465 g/mol. The zero-order chi connectivity index (χ0) is 22.7. The topological polar surface area (TPSA) is 97.4 Å². The van der Waals surface area contributed by atoms with Gasteiger partial charge in [0.2, 0.25) is 5.91 Å². The number of ether oxygens (including phenoxy) is 3. The first-order chi connectivity index (χ1) is 14.0. The third kappa shape index (κ3) is 5.91. The van der Waals surface area contributed by atoms with Crippen LogP contribution in [0.5, 0.6) is 0 Å². The van der Waals surface area contributed by atoms with Crippen LogP contribution >= 0.6 is 11.6 Å². The van der Waals surface area contributed by atoms with Gasteiger partial charge in [-0.15, -0.1) is 11.6 Å². The molecule has 0 radical (unpaired) electrons. The average Bonchev–Trinajstić information content (AvgIpc) is 3.30. The quantitative estimate of drug-likeness (QED) is 0.248. The number of amides is 2. The van der Waals surface area contributed by atoms with Crippen LogP contribution in [0.15, 0.2) is 11.6 Å². The van der Waals surface area contributed by atoms with E-state index in [2.05, 4.69) is 23.9 Å². The second-order valence-corrected chi connectivity index (χ2v) is 11.4. The molecule has 7 nitrogen and oxygen atoms in total. The van der Waals surface area contributed by atoms with Crippen LogP contribution in [0.4, 0.5) is 4.79 Å². The molecule has 2 aliphatic rings. The van der Waals surface area contributed by atoms with E-state index in [4.69, 9.17) is 25.8 Å². The maximum atomic E-state index is 12.1. The van der Waals surface area contributed by atoms with Crippen molar-refractivity contribution < 1.29 is 28.9 Å². The van der Waals surface area contributed by atoms with Gasteiger partial charge in [-0.25, -0.2) is 4.79 Å². The lowest BCUT2D eigenvalue weighted by Crippen LogP contribution is -2.62. The number of nitrogens with one attached hydrogen (secondary N) is 1. The highest BCUT2D eigenvalue weighted by molar-refractivity contribution is 7.95. The number of allylic oxidation sites excluding steroid dienone is 1. The third-order valence-electron chi connectivity index (χ3n) is 5.90. The first-order valence-corrected chi connectivity index (χ1v) is 12.9. The second-order valence-electron chi connectivity index (χ2n) is 8.88. The van der Waals surface area contributed by atoms with Crippen LogP contribution < -0.4 is 5.32 Å². The van der Waals surface area contributed by atoms with Crippen LogP contribution in [0.25, 0.3) is 0 Å². The van der Waals surface area contributed by atoms with E-state index in [0.29, 0.717) is 18.6 Å². The van der Waals surface area contributed by atoms with Crippen LogP contribution in [0, 0.1) is 5.92 Å². The van der Waals surface area contributed by atoms with Crippen LogP contribution in [-0.2, 0) is 29.9 Å². The van der Waals surface area contributed by atoms with Gasteiger partial charge in [0.15, 0.2) is 0 Å². The van der Waals surface area contributed by atoms with E-state index in [1.165, 1.54) is 5.57 Å². The molecule has 2 rings (SSSR count). The van der Waals surface area contributed by atoms with Gasteiger partial charge in [0.05, 0.1) is 24.5 Å². The lowest BCUT2D eigenvalue weighted by atomic mass is 9.66. The van der Waals surface area contributed by atoms with E-state index in [-0.39, 0.29) is 28.8 Å². The summed E-state index contributed by atoms with van der Waals surface area (Å²) in [5, 5.41) is 13.8. The molecule has 0 bridgehead atoms. The fourth-order valence-electron chi connectivity index (χ4n) is 4.65. The molecule has 1 aliphatic heterocycles. The number of aliphatic hydroxyl groups is 1. The molecule has 6 atom stereocenters. The van der Waals surface area contributed by atoms with Gasteiger partial charge >= 0.3 is 6.09 Å². The summed E-state index contributed by atoms with van der Waals surface area (Å²) in [6, 6.07) is 0. The van der Waals surface area contributed by atoms with Crippen molar-refractivity contribution in [1.29, 1.82) is 0 Å². The molecule has 2 amide bonds. The van der Waals surface area contributed by atoms with Gasteiger partial charge in [-0.05, 0) is 50.9 Å². The SMILES string of the molecule is CO[C@H]1[C@@H]([C@@]2(C)O[C@@H]2CC=C(C)C)[C@@](O)(C[S+](C)C)CC[C@H]1OC(=O)NC(=O)CCl. The summed E-state index contributed by atoms with van der Waals surface area (Å²) < 4.78 is 17.4. The monoisotopic (exact) mass is 464 g/mol. The highest BCUT2D eigenvalue weighted by Crippen LogP contribution is 2.55. The van der Waals surface area contributed by atoms with Crippen molar-refractivity contribution in [2.45, 2.75) is 69.5 Å². The zero-order valence-electron chi connectivity index (χ0n) is 18.7. The minimum absolute atomic E-state index is 0.00293. The molecule has 9 heteroatoms. The van der Waals surface area contributed by atoms with Gasteiger partial charge in [0.25, 0.3) is 0 Å². The van der Waals surface area contributed by atoms with Gasteiger partial charge in [-0.2, -0.15) is 0 Å². The number of rotatable bonds is 8. The molecular formula is C21H35ClNO6S+. The summed E-state index contributed by atoms with van der Waals surface area (Å²) in [5.41, 5.74) is -0.379. The predicted octanol–water partition coefficient (Wildman–Crippen LogP) is 2.39. The molecule has 1 saturated carbocycles. The molecule has 0 spiro atoms. The van der Waals surface area contributed by atoms with Gasteiger partial charge in [0.1, 0.15) is 35.0 Å². The standard InChI is InChI=1S/C21H34ClNO6S/c1-13(2)7-8-15-20(3,29-15)18-17(27-4)14(28-19(25)23-16(24)11-22)9-10-21(18,26)12-30(5)6/h7,14-15,17-18,26H,8-12H2,1-6H3/p+1/t14-,15-,17-,18+,20+,21+/m1/s1. The smallest absolute Gasteiger partial charge is 0.414 e. The molecule has 30 heavy (non-hydrogen) atoms. The van der Waals surface area contributed by atoms with Gasteiger partial charge in [-0.3, -0.25) is 10.1 Å². The Balaban J connectivity index is 2.27. The number of halogens is 1. The Morgan fingerprint density at radius 3 is 2.57 bits per heavy atom. The molecule has 1 aliphatic carbocycles. The Hall–Kier alpha value is -0.800. The number of carbonyl (C=O) groups excluding carboxylic acids is 2. The molecule has 1 heterocycles. The number of carbonyl (C=O) groups is 2. The Labute approximate surface area is 187 Å². The zero-order valence-corrected chi connectivity index (χ0v) is 20.3. The van der Waals surface area contributed by atoms with Crippen molar-refractivity contribution in [3.63, 3.8) is 0 Å². The number of alkyl halides is 1. The minimum Gasteiger partial charge on any atom is -0.443 e. The molecule has 0 aromatic carbocycles. The van der Waals surface area contributed by atoms with Crippen molar-refractivity contribution in [1.82, 2.24) is 5.32 Å². The van der Waals surface area contributed by atoms with Crippen molar-refractivity contribution >= 4 is 34.5 Å². The number of methoxy groups -OCH3 is 1. The maximum Gasteiger partial charge on any atom is 0.414 e. The number of hydrogen-bond acceptors (Lipinski definition) is 6. The molecular weight excluding hydrogens is 430 g/mol.